The SMILES string of the molecule is CCC(=O)C(=O)N1C(=O)C2CCCN2C(=O)C1Cc1ccccc1. The number of fused-ring (bicyclic) bond motifs is 1. The first kappa shape index (κ1) is 16.4. The van der Waals surface area contributed by atoms with Gasteiger partial charge < -0.3 is 4.90 Å². The quantitative estimate of drug-likeness (QED) is 0.771. The van der Waals surface area contributed by atoms with Gasteiger partial charge in [0.2, 0.25) is 11.7 Å². The molecule has 0 spiro atoms. The lowest BCUT2D eigenvalue weighted by molar-refractivity contribution is -0.167. The van der Waals surface area contributed by atoms with E-state index < -0.39 is 29.7 Å². The second-order valence-corrected chi connectivity index (χ2v) is 6.19. The van der Waals surface area contributed by atoms with Crippen molar-refractivity contribution in [1.82, 2.24) is 9.80 Å². The molecule has 2 aliphatic heterocycles. The Morgan fingerprint density at radius 2 is 1.83 bits per heavy atom. The number of hydrogen-bond acceptors (Lipinski definition) is 4. The molecule has 0 N–H and O–H groups in total. The maximum Gasteiger partial charge on any atom is 0.297 e. The molecule has 0 aliphatic carbocycles. The van der Waals surface area contributed by atoms with E-state index >= 15 is 0 Å². The zero-order valence-electron chi connectivity index (χ0n) is 13.6. The molecule has 126 valence electrons. The molecule has 2 unspecified atom stereocenters. The van der Waals surface area contributed by atoms with E-state index in [1.165, 1.54) is 0 Å². The number of benzene rings is 1. The van der Waals surface area contributed by atoms with Crippen LogP contribution in [0.2, 0.25) is 0 Å². The lowest BCUT2D eigenvalue weighted by Crippen LogP contribution is -2.65. The predicted octanol–water partition coefficient (Wildman–Crippen LogP) is 0.937. The van der Waals surface area contributed by atoms with Crippen molar-refractivity contribution in [3.8, 4) is 0 Å². The van der Waals surface area contributed by atoms with Gasteiger partial charge in [0.15, 0.2) is 0 Å². The second-order valence-electron chi connectivity index (χ2n) is 6.19. The fraction of sp³-hybridized carbons (Fsp3) is 0.444. The van der Waals surface area contributed by atoms with E-state index in [9.17, 15) is 19.2 Å². The number of Topliss-reactive ketones (excluding diaryl/α,β-unsaturated/α-hetero) is 1. The van der Waals surface area contributed by atoms with Crippen molar-refractivity contribution < 1.29 is 19.2 Å². The highest BCUT2D eigenvalue weighted by atomic mass is 16.2. The van der Waals surface area contributed by atoms with Crippen molar-refractivity contribution in [3.05, 3.63) is 35.9 Å². The van der Waals surface area contributed by atoms with Gasteiger partial charge >= 0.3 is 0 Å². The highest BCUT2D eigenvalue weighted by Gasteiger charge is 2.50. The molecule has 2 aliphatic rings. The maximum absolute atomic E-state index is 12.9. The molecule has 6 nitrogen and oxygen atoms in total. The Morgan fingerprint density at radius 3 is 2.50 bits per heavy atom. The van der Waals surface area contributed by atoms with Crippen LogP contribution in [0.15, 0.2) is 30.3 Å². The van der Waals surface area contributed by atoms with Crippen LogP contribution in [0.4, 0.5) is 0 Å². The summed E-state index contributed by atoms with van der Waals surface area (Å²) in [6.07, 6.45) is 1.54. The molecule has 2 fully saturated rings. The second kappa shape index (κ2) is 6.55. The number of carbonyl (C=O) groups is 4. The third-order valence-electron chi connectivity index (χ3n) is 4.71. The summed E-state index contributed by atoms with van der Waals surface area (Å²) < 4.78 is 0. The molecule has 3 amide bonds. The van der Waals surface area contributed by atoms with Crippen LogP contribution in [0.3, 0.4) is 0 Å². The molecule has 1 aromatic carbocycles. The molecule has 6 heteroatoms. The zero-order chi connectivity index (χ0) is 17.3. The van der Waals surface area contributed by atoms with Gasteiger partial charge in [-0.1, -0.05) is 37.3 Å². The maximum atomic E-state index is 12.9. The summed E-state index contributed by atoms with van der Waals surface area (Å²) >= 11 is 0. The Bertz CT molecular complexity index is 686. The smallest absolute Gasteiger partial charge is 0.297 e. The minimum atomic E-state index is -0.933. The summed E-state index contributed by atoms with van der Waals surface area (Å²) in [5.74, 6) is -2.15. The van der Waals surface area contributed by atoms with Crippen LogP contribution in [0.25, 0.3) is 0 Å². The number of piperazine rings is 1. The third kappa shape index (κ3) is 2.72. The minimum Gasteiger partial charge on any atom is -0.329 e. The molecular weight excluding hydrogens is 308 g/mol. The average molecular weight is 328 g/mol. The van der Waals surface area contributed by atoms with E-state index in [2.05, 4.69) is 0 Å². The third-order valence-corrected chi connectivity index (χ3v) is 4.71. The predicted molar refractivity (Wildman–Crippen MR) is 85.8 cm³/mol. The molecular formula is C18H20N2O4. The number of amides is 3. The van der Waals surface area contributed by atoms with Crippen LogP contribution in [0, 0.1) is 0 Å². The van der Waals surface area contributed by atoms with Gasteiger partial charge in [-0.05, 0) is 18.4 Å². The molecule has 0 saturated carbocycles. The number of carbonyl (C=O) groups excluding carboxylic acids is 4. The monoisotopic (exact) mass is 328 g/mol. The fourth-order valence-corrected chi connectivity index (χ4v) is 3.45. The van der Waals surface area contributed by atoms with Gasteiger partial charge in [-0.3, -0.25) is 24.1 Å². The first-order valence-electron chi connectivity index (χ1n) is 8.29. The normalized spacial score (nSPS) is 23.4. The molecule has 1 aromatic rings. The summed E-state index contributed by atoms with van der Waals surface area (Å²) in [5.41, 5.74) is 0.850. The van der Waals surface area contributed by atoms with Gasteiger partial charge in [-0.15, -0.1) is 0 Å². The summed E-state index contributed by atoms with van der Waals surface area (Å²) in [6, 6.07) is 7.70. The van der Waals surface area contributed by atoms with Gasteiger partial charge in [0.05, 0.1) is 0 Å². The van der Waals surface area contributed by atoms with Gasteiger partial charge in [-0.2, -0.15) is 0 Å². The van der Waals surface area contributed by atoms with Gasteiger partial charge in [0, 0.05) is 19.4 Å². The van der Waals surface area contributed by atoms with Crippen molar-refractivity contribution in [2.45, 2.75) is 44.7 Å². The molecule has 2 heterocycles. The van der Waals surface area contributed by atoms with Crippen LogP contribution in [0.1, 0.15) is 31.7 Å². The van der Waals surface area contributed by atoms with E-state index in [0.717, 1.165) is 16.9 Å². The van der Waals surface area contributed by atoms with Crippen LogP contribution in [-0.4, -0.2) is 51.9 Å². The van der Waals surface area contributed by atoms with Crippen LogP contribution < -0.4 is 0 Å². The lowest BCUT2D eigenvalue weighted by Gasteiger charge is -2.40. The summed E-state index contributed by atoms with van der Waals surface area (Å²) in [7, 11) is 0. The number of ketones is 1. The Kier molecular flexibility index (Phi) is 4.46. The van der Waals surface area contributed by atoms with Crippen molar-refractivity contribution in [1.29, 1.82) is 0 Å². The highest BCUT2D eigenvalue weighted by molar-refractivity contribution is 6.39. The largest absolute Gasteiger partial charge is 0.329 e. The first-order chi connectivity index (χ1) is 11.5. The molecule has 0 radical (unpaired) electrons. The Balaban J connectivity index is 1.96. The van der Waals surface area contributed by atoms with Gasteiger partial charge in [0.1, 0.15) is 12.1 Å². The van der Waals surface area contributed by atoms with Crippen LogP contribution in [0.5, 0.6) is 0 Å². The van der Waals surface area contributed by atoms with E-state index in [1.54, 1.807) is 11.8 Å². The molecule has 2 saturated heterocycles. The van der Waals surface area contributed by atoms with Gasteiger partial charge in [-0.25, -0.2) is 0 Å². The number of imide groups is 1. The molecule has 0 bridgehead atoms. The summed E-state index contributed by atoms with van der Waals surface area (Å²) in [6.45, 7) is 2.11. The molecule has 2 atom stereocenters. The standard InChI is InChI=1S/C18H20N2O4/c1-2-15(21)18(24)20-14(11-12-7-4-3-5-8-12)16(22)19-10-6-9-13(19)17(20)23/h3-5,7-8,13-14H,2,6,9-11H2,1H3. The highest BCUT2D eigenvalue weighted by Crippen LogP contribution is 2.28. The minimum absolute atomic E-state index is 0.0171. The Labute approximate surface area is 140 Å². The fourth-order valence-electron chi connectivity index (χ4n) is 3.45. The van der Waals surface area contributed by atoms with E-state index in [1.807, 2.05) is 30.3 Å². The summed E-state index contributed by atoms with van der Waals surface area (Å²) in [4.78, 5) is 52.5. The lowest BCUT2D eigenvalue weighted by atomic mass is 9.97. The van der Waals surface area contributed by atoms with E-state index in [4.69, 9.17) is 0 Å². The number of rotatable bonds is 4. The van der Waals surface area contributed by atoms with Crippen molar-refractivity contribution in [2.24, 2.45) is 0 Å². The number of nitrogens with zero attached hydrogens (tertiary/aromatic N) is 2. The number of hydrogen-bond donors (Lipinski definition) is 0. The van der Waals surface area contributed by atoms with Crippen LogP contribution in [-0.2, 0) is 25.6 Å². The summed E-state index contributed by atoms with van der Waals surface area (Å²) in [5, 5.41) is 0. The topological polar surface area (TPSA) is 74.8 Å². The Hall–Kier alpha value is -2.50. The zero-order valence-corrected chi connectivity index (χ0v) is 13.6. The van der Waals surface area contributed by atoms with Gasteiger partial charge in [0.25, 0.3) is 11.8 Å². The van der Waals surface area contributed by atoms with Crippen LogP contribution >= 0.6 is 0 Å². The average Bonchev–Trinajstić information content (AvgIpc) is 3.09. The van der Waals surface area contributed by atoms with E-state index in [0.29, 0.717) is 13.0 Å². The first-order valence-corrected chi connectivity index (χ1v) is 8.29. The van der Waals surface area contributed by atoms with Crippen molar-refractivity contribution in [2.75, 3.05) is 6.54 Å². The molecule has 3 rings (SSSR count). The molecule has 0 aromatic heterocycles. The van der Waals surface area contributed by atoms with Crippen molar-refractivity contribution in [3.63, 3.8) is 0 Å². The van der Waals surface area contributed by atoms with E-state index in [-0.39, 0.29) is 18.7 Å². The van der Waals surface area contributed by atoms with Crippen molar-refractivity contribution >= 4 is 23.5 Å². The Morgan fingerprint density at radius 1 is 1.12 bits per heavy atom. The molecule has 24 heavy (non-hydrogen) atoms.